The van der Waals surface area contributed by atoms with E-state index < -0.39 is 18.0 Å². The zero-order chi connectivity index (χ0) is 23.0. The Morgan fingerprint density at radius 1 is 1.09 bits per heavy atom. The van der Waals surface area contributed by atoms with E-state index in [9.17, 15) is 13.2 Å². The summed E-state index contributed by atoms with van der Waals surface area (Å²) in [5.74, 6) is -0.283. The van der Waals surface area contributed by atoms with Gasteiger partial charge in [-0.25, -0.2) is 9.37 Å². The standard InChI is InChI=1S/C25H24F3N3O/c1-15-21(12-17-6-4-5-7-22(17)32-24(27)28)31-14-19(20(26)13-23(31)30-15)16-8-10-18(11-9-16)25(2,3)29/h4-11,13-14,24H,12,29H2,1-3H3. The number of imidazole rings is 1. The van der Waals surface area contributed by atoms with Crippen LogP contribution < -0.4 is 10.5 Å². The Kier molecular flexibility index (Phi) is 5.69. The van der Waals surface area contributed by atoms with E-state index in [2.05, 4.69) is 9.72 Å². The third-order valence-electron chi connectivity index (χ3n) is 5.50. The van der Waals surface area contributed by atoms with Crippen LogP contribution in [-0.2, 0) is 12.0 Å². The predicted octanol–water partition coefficient (Wildman–Crippen LogP) is 5.83. The van der Waals surface area contributed by atoms with Crippen LogP contribution in [0.1, 0.15) is 36.4 Å². The zero-order valence-corrected chi connectivity index (χ0v) is 18.1. The minimum absolute atomic E-state index is 0.110. The molecule has 7 heteroatoms. The highest BCUT2D eigenvalue weighted by Gasteiger charge is 2.18. The van der Waals surface area contributed by atoms with Gasteiger partial charge >= 0.3 is 6.61 Å². The number of nitrogens with two attached hydrogens (primary N) is 1. The van der Waals surface area contributed by atoms with E-state index in [4.69, 9.17) is 5.73 Å². The Labute approximate surface area is 184 Å². The molecule has 32 heavy (non-hydrogen) atoms. The van der Waals surface area contributed by atoms with Gasteiger partial charge in [-0.1, -0.05) is 42.5 Å². The Balaban J connectivity index is 1.77. The molecule has 4 aromatic rings. The maximum atomic E-state index is 14.9. The van der Waals surface area contributed by atoms with Crippen molar-refractivity contribution in [2.24, 2.45) is 5.73 Å². The summed E-state index contributed by atoms with van der Waals surface area (Å²) < 4.78 is 47.0. The van der Waals surface area contributed by atoms with E-state index in [0.717, 1.165) is 11.3 Å². The summed E-state index contributed by atoms with van der Waals surface area (Å²) in [5, 5.41) is 0. The van der Waals surface area contributed by atoms with Gasteiger partial charge in [0.25, 0.3) is 0 Å². The van der Waals surface area contributed by atoms with Crippen LogP contribution >= 0.6 is 0 Å². The second-order valence-corrected chi connectivity index (χ2v) is 8.37. The van der Waals surface area contributed by atoms with Crippen molar-refractivity contribution in [3.63, 3.8) is 0 Å². The van der Waals surface area contributed by atoms with Gasteiger partial charge in [0, 0.05) is 41.0 Å². The van der Waals surface area contributed by atoms with Crippen molar-refractivity contribution in [3.8, 4) is 16.9 Å². The first-order valence-electron chi connectivity index (χ1n) is 10.2. The summed E-state index contributed by atoms with van der Waals surface area (Å²) in [7, 11) is 0. The first-order chi connectivity index (χ1) is 15.1. The fraction of sp³-hybridized carbons (Fsp3) is 0.240. The minimum Gasteiger partial charge on any atom is -0.435 e. The maximum Gasteiger partial charge on any atom is 0.387 e. The molecule has 0 unspecified atom stereocenters. The topological polar surface area (TPSA) is 52.5 Å². The van der Waals surface area contributed by atoms with Crippen molar-refractivity contribution in [1.29, 1.82) is 0 Å². The molecule has 0 radical (unpaired) electrons. The molecule has 0 aliphatic heterocycles. The predicted molar refractivity (Wildman–Crippen MR) is 118 cm³/mol. The van der Waals surface area contributed by atoms with Crippen molar-refractivity contribution in [2.45, 2.75) is 39.3 Å². The third-order valence-corrected chi connectivity index (χ3v) is 5.50. The number of hydrogen-bond acceptors (Lipinski definition) is 3. The van der Waals surface area contributed by atoms with Crippen molar-refractivity contribution >= 4 is 5.65 Å². The monoisotopic (exact) mass is 439 g/mol. The first-order valence-corrected chi connectivity index (χ1v) is 10.2. The molecule has 166 valence electrons. The van der Waals surface area contributed by atoms with Gasteiger partial charge in [0.15, 0.2) is 0 Å². The lowest BCUT2D eigenvalue weighted by molar-refractivity contribution is -0.0503. The Morgan fingerprint density at radius 3 is 2.44 bits per heavy atom. The van der Waals surface area contributed by atoms with E-state index in [1.165, 1.54) is 12.1 Å². The molecule has 0 atom stereocenters. The second-order valence-electron chi connectivity index (χ2n) is 8.37. The van der Waals surface area contributed by atoms with E-state index in [-0.39, 0.29) is 5.75 Å². The number of halogens is 3. The van der Waals surface area contributed by atoms with E-state index >= 15 is 0 Å². The van der Waals surface area contributed by atoms with E-state index in [1.807, 2.05) is 45.0 Å². The van der Waals surface area contributed by atoms with Crippen LogP contribution in [0.3, 0.4) is 0 Å². The molecule has 0 bridgehead atoms. The number of para-hydroxylation sites is 1. The molecule has 2 aromatic carbocycles. The number of ether oxygens (including phenoxy) is 1. The summed E-state index contributed by atoms with van der Waals surface area (Å²) in [5.41, 5.74) is 10.2. The largest absolute Gasteiger partial charge is 0.435 e. The van der Waals surface area contributed by atoms with Gasteiger partial charge in [-0.3, -0.25) is 0 Å². The molecule has 2 heterocycles. The maximum absolute atomic E-state index is 14.9. The number of rotatable bonds is 6. The number of aromatic nitrogens is 2. The van der Waals surface area contributed by atoms with E-state index in [0.29, 0.717) is 34.5 Å². The SMILES string of the molecule is Cc1nc2cc(F)c(-c3ccc(C(C)(C)N)cc3)cn2c1Cc1ccccc1OC(F)F. The van der Waals surface area contributed by atoms with Crippen LogP contribution in [-0.4, -0.2) is 16.0 Å². The molecular formula is C25H24F3N3O. The molecule has 0 aliphatic carbocycles. The van der Waals surface area contributed by atoms with Crippen molar-refractivity contribution in [3.05, 3.63) is 89.1 Å². The van der Waals surface area contributed by atoms with Gasteiger partial charge < -0.3 is 14.9 Å². The molecule has 0 saturated heterocycles. The van der Waals surface area contributed by atoms with Gasteiger partial charge in [-0.2, -0.15) is 8.78 Å². The molecule has 0 amide bonds. The summed E-state index contributed by atoms with van der Waals surface area (Å²) >= 11 is 0. The first kappa shape index (κ1) is 21.9. The third kappa shape index (κ3) is 4.34. The molecule has 0 fully saturated rings. The molecule has 4 nitrogen and oxygen atoms in total. The van der Waals surface area contributed by atoms with Crippen molar-refractivity contribution in [2.75, 3.05) is 0 Å². The fourth-order valence-electron chi connectivity index (χ4n) is 3.78. The molecule has 0 aliphatic rings. The van der Waals surface area contributed by atoms with Crippen LogP contribution in [0.4, 0.5) is 13.2 Å². The molecule has 2 N–H and O–H groups in total. The fourth-order valence-corrected chi connectivity index (χ4v) is 3.78. The zero-order valence-electron chi connectivity index (χ0n) is 18.1. The molecule has 4 rings (SSSR count). The van der Waals surface area contributed by atoms with Gasteiger partial charge in [-0.05, 0) is 38.0 Å². The van der Waals surface area contributed by atoms with Gasteiger partial charge in [0.2, 0.25) is 0 Å². The van der Waals surface area contributed by atoms with Crippen LogP contribution in [0.25, 0.3) is 16.8 Å². The van der Waals surface area contributed by atoms with Gasteiger partial charge in [0.05, 0.1) is 5.69 Å². The number of aryl methyl sites for hydroxylation is 1. The second kappa shape index (κ2) is 8.31. The lowest BCUT2D eigenvalue weighted by atomic mass is 9.94. The van der Waals surface area contributed by atoms with Crippen molar-refractivity contribution in [1.82, 2.24) is 9.38 Å². The highest BCUT2D eigenvalue weighted by Crippen LogP contribution is 2.29. The number of fused-ring (bicyclic) bond motifs is 1. The van der Waals surface area contributed by atoms with E-state index in [1.54, 1.807) is 28.8 Å². The lowest BCUT2D eigenvalue weighted by Gasteiger charge is -2.19. The van der Waals surface area contributed by atoms with Gasteiger partial charge in [0.1, 0.15) is 17.2 Å². The highest BCUT2D eigenvalue weighted by molar-refractivity contribution is 5.66. The molecule has 0 spiro atoms. The Morgan fingerprint density at radius 2 is 1.78 bits per heavy atom. The minimum atomic E-state index is -2.92. The Hall–Kier alpha value is -3.32. The summed E-state index contributed by atoms with van der Waals surface area (Å²) in [6.45, 7) is 2.71. The highest BCUT2D eigenvalue weighted by atomic mass is 19.3. The lowest BCUT2D eigenvalue weighted by Crippen LogP contribution is -2.28. The average Bonchev–Trinajstić information content (AvgIpc) is 3.02. The Bertz CT molecular complexity index is 1260. The van der Waals surface area contributed by atoms with Crippen molar-refractivity contribution < 1.29 is 17.9 Å². The number of benzene rings is 2. The van der Waals surface area contributed by atoms with Crippen LogP contribution in [0, 0.1) is 12.7 Å². The summed E-state index contributed by atoms with van der Waals surface area (Å²) in [6, 6.07) is 15.5. The van der Waals surface area contributed by atoms with Crippen LogP contribution in [0.2, 0.25) is 0 Å². The van der Waals surface area contributed by atoms with Gasteiger partial charge in [-0.15, -0.1) is 0 Å². The summed E-state index contributed by atoms with van der Waals surface area (Å²) in [6.07, 6.45) is 2.00. The number of nitrogens with zero attached hydrogens (tertiary/aromatic N) is 2. The smallest absolute Gasteiger partial charge is 0.387 e. The van der Waals surface area contributed by atoms with Crippen LogP contribution in [0.5, 0.6) is 5.75 Å². The number of alkyl halides is 2. The normalized spacial score (nSPS) is 12.0. The summed E-state index contributed by atoms with van der Waals surface area (Å²) in [4.78, 5) is 4.46. The number of hydrogen-bond donors (Lipinski definition) is 1. The molecular weight excluding hydrogens is 415 g/mol. The average molecular weight is 439 g/mol. The molecule has 0 saturated carbocycles. The quantitative estimate of drug-likeness (QED) is 0.411. The van der Waals surface area contributed by atoms with Crippen LogP contribution in [0.15, 0.2) is 60.8 Å². The number of pyridine rings is 1. The molecule has 2 aromatic heterocycles.